The summed E-state index contributed by atoms with van der Waals surface area (Å²) in [6.07, 6.45) is 2.20. The van der Waals surface area contributed by atoms with Crippen LogP contribution in [-0.2, 0) is 17.9 Å². The van der Waals surface area contributed by atoms with Crippen molar-refractivity contribution in [3.05, 3.63) is 58.8 Å². The molecule has 7 heteroatoms. The minimum atomic E-state index is -0.293. The molecule has 2 aromatic heterocycles. The number of nitrogens with zero attached hydrogens (tertiary/aromatic N) is 3. The fourth-order valence-electron chi connectivity index (χ4n) is 3.18. The van der Waals surface area contributed by atoms with Crippen LogP contribution in [0, 0.1) is 19.7 Å². The average Bonchev–Trinajstić information content (AvgIpc) is 3.32. The molecule has 0 aliphatic heterocycles. The van der Waals surface area contributed by atoms with E-state index in [4.69, 9.17) is 4.52 Å². The predicted octanol–water partition coefficient (Wildman–Crippen LogP) is 3.49. The second-order valence-electron chi connectivity index (χ2n) is 7.04. The van der Waals surface area contributed by atoms with Crippen molar-refractivity contribution in [1.29, 1.82) is 0 Å². The number of aromatic nitrogens is 3. The first-order chi connectivity index (χ1) is 13.0. The van der Waals surface area contributed by atoms with E-state index in [2.05, 4.69) is 15.5 Å². The van der Waals surface area contributed by atoms with E-state index < -0.39 is 0 Å². The molecule has 2 heterocycles. The Labute approximate surface area is 156 Å². The van der Waals surface area contributed by atoms with Crippen molar-refractivity contribution in [1.82, 2.24) is 20.0 Å². The average molecular weight is 368 g/mol. The Morgan fingerprint density at radius 2 is 2.04 bits per heavy atom. The lowest BCUT2D eigenvalue weighted by molar-refractivity contribution is -0.121. The number of nitrogens with one attached hydrogen (secondary N) is 1. The van der Waals surface area contributed by atoms with Gasteiger partial charge in [-0.15, -0.1) is 0 Å². The van der Waals surface area contributed by atoms with Gasteiger partial charge < -0.3 is 14.4 Å². The molecule has 1 amide bonds. The maximum atomic E-state index is 13.0. The van der Waals surface area contributed by atoms with Gasteiger partial charge in [0.2, 0.25) is 5.91 Å². The first-order valence-electron chi connectivity index (χ1n) is 9.03. The van der Waals surface area contributed by atoms with Crippen LogP contribution < -0.4 is 5.32 Å². The Bertz CT molecular complexity index is 971. The van der Waals surface area contributed by atoms with E-state index in [0.29, 0.717) is 18.4 Å². The summed E-state index contributed by atoms with van der Waals surface area (Å²) < 4.78 is 20.3. The van der Waals surface area contributed by atoms with Crippen LogP contribution in [0.1, 0.15) is 41.4 Å². The largest absolute Gasteiger partial charge is 0.350 e. The summed E-state index contributed by atoms with van der Waals surface area (Å²) in [6.45, 7) is 4.41. The second-order valence-corrected chi connectivity index (χ2v) is 7.04. The SMILES string of the molecule is Cc1cc(C)n(CC(=O)NCc2ccc(F)cc2)c1-c1nc(C2CC2)no1. The van der Waals surface area contributed by atoms with Gasteiger partial charge in [-0.3, -0.25) is 4.79 Å². The summed E-state index contributed by atoms with van der Waals surface area (Å²) in [5.74, 6) is 1.18. The number of hydrogen-bond acceptors (Lipinski definition) is 4. The quantitative estimate of drug-likeness (QED) is 0.723. The van der Waals surface area contributed by atoms with E-state index in [-0.39, 0.29) is 18.3 Å². The molecular weight excluding hydrogens is 347 g/mol. The number of hydrogen-bond donors (Lipinski definition) is 1. The van der Waals surface area contributed by atoms with Gasteiger partial charge in [-0.2, -0.15) is 4.98 Å². The summed E-state index contributed by atoms with van der Waals surface area (Å²) in [6, 6.07) is 8.08. The smallest absolute Gasteiger partial charge is 0.274 e. The van der Waals surface area contributed by atoms with Gasteiger partial charge in [0, 0.05) is 18.2 Å². The molecule has 0 unspecified atom stereocenters. The Kier molecular flexibility index (Phi) is 4.51. The normalized spacial score (nSPS) is 13.7. The molecule has 1 fully saturated rings. The summed E-state index contributed by atoms with van der Waals surface area (Å²) >= 11 is 0. The molecule has 0 atom stereocenters. The van der Waals surface area contributed by atoms with Gasteiger partial charge in [-0.05, 0) is 56.0 Å². The van der Waals surface area contributed by atoms with Crippen LogP contribution in [0.2, 0.25) is 0 Å². The first-order valence-corrected chi connectivity index (χ1v) is 9.03. The minimum Gasteiger partial charge on any atom is -0.350 e. The minimum absolute atomic E-state index is 0.138. The van der Waals surface area contributed by atoms with Gasteiger partial charge in [0.1, 0.15) is 18.1 Å². The molecule has 1 aromatic carbocycles. The highest BCUT2D eigenvalue weighted by Crippen LogP contribution is 2.39. The van der Waals surface area contributed by atoms with Crippen LogP contribution in [0.15, 0.2) is 34.9 Å². The standard InChI is InChI=1S/C20H21FN4O2/c1-12-9-13(2)25(18(12)20-23-19(24-27-20)15-5-6-15)11-17(26)22-10-14-3-7-16(21)8-4-14/h3-4,7-9,15H,5-6,10-11H2,1-2H3,(H,22,26). The molecule has 140 valence electrons. The molecule has 0 bridgehead atoms. The third kappa shape index (κ3) is 3.77. The Morgan fingerprint density at radius 3 is 2.74 bits per heavy atom. The Hall–Kier alpha value is -2.96. The van der Waals surface area contributed by atoms with Crippen LogP contribution in [0.3, 0.4) is 0 Å². The van der Waals surface area contributed by atoms with Crippen LogP contribution in [-0.4, -0.2) is 20.6 Å². The van der Waals surface area contributed by atoms with Crippen LogP contribution in [0.25, 0.3) is 11.6 Å². The second kappa shape index (κ2) is 6.98. The van der Waals surface area contributed by atoms with Gasteiger partial charge in [0.05, 0.1) is 0 Å². The molecule has 0 spiro atoms. The van der Waals surface area contributed by atoms with Crippen molar-refractivity contribution < 1.29 is 13.7 Å². The van der Waals surface area contributed by atoms with Gasteiger partial charge in [-0.1, -0.05) is 17.3 Å². The lowest BCUT2D eigenvalue weighted by atomic mass is 10.2. The number of aryl methyl sites for hydroxylation is 2. The topological polar surface area (TPSA) is 73.0 Å². The fourth-order valence-corrected chi connectivity index (χ4v) is 3.18. The Morgan fingerprint density at radius 1 is 1.30 bits per heavy atom. The van der Waals surface area contributed by atoms with Crippen molar-refractivity contribution in [2.45, 2.75) is 45.7 Å². The predicted molar refractivity (Wildman–Crippen MR) is 97.4 cm³/mol. The zero-order valence-electron chi connectivity index (χ0n) is 15.3. The van der Waals surface area contributed by atoms with Crippen molar-refractivity contribution in [3.8, 4) is 11.6 Å². The van der Waals surface area contributed by atoms with Crippen molar-refractivity contribution in [2.24, 2.45) is 0 Å². The lowest BCUT2D eigenvalue weighted by Crippen LogP contribution is -2.27. The number of rotatable bonds is 6. The molecule has 27 heavy (non-hydrogen) atoms. The number of carbonyl (C=O) groups excluding carboxylic acids is 1. The van der Waals surface area contributed by atoms with Gasteiger partial charge in [0.15, 0.2) is 5.82 Å². The molecule has 0 saturated heterocycles. The van der Waals surface area contributed by atoms with Crippen molar-refractivity contribution in [3.63, 3.8) is 0 Å². The van der Waals surface area contributed by atoms with Gasteiger partial charge in [0.25, 0.3) is 5.89 Å². The van der Waals surface area contributed by atoms with Crippen LogP contribution >= 0.6 is 0 Å². The number of benzene rings is 1. The zero-order chi connectivity index (χ0) is 19.0. The molecule has 1 N–H and O–H groups in total. The molecule has 1 saturated carbocycles. The first kappa shape index (κ1) is 17.5. The Balaban J connectivity index is 1.49. The summed E-state index contributed by atoms with van der Waals surface area (Å²) in [5, 5.41) is 6.94. The molecule has 0 radical (unpaired) electrons. The van der Waals surface area contributed by atoms with Crippen LogP contribution in [0.4, 0.5) is 4.39 Å². The number of carbonyl (C=O) groups is 1. The third-order valence-corrected chi connectivity index (χ3v) is 4.79. The highest BCUT2D eigenvalue weighted by molar-refractivity contribution is 5.77. The van der Waals surface area contributed by atoms with Gasteiger partial charge >= 0.3 is 0 Å². The van der Waals surface area contributed by atoms with E-state index in [0.717, 1.165) is 41.2 Å². The van der Waals surface area contributed by atoms with Gasteiger partial charge in [-0.25, -0.2) is 4.39 Å². The van der Waals surface area contributed by atoms with Crippen molar-refractivity contribution in [2.75, 3.05) is 0 Å². The summed E-state index contributed by atoms with van der Waals surface area (Å²) in [5.41, 5.74) is 3.57. The maximum Gasteiger partial charge on any atom is 0.274 e. The molecule has 3 aromatic rings. The molecule has 4 rings (SSSR count). The summed E-state index contributed by atoms with van der Waals surface area (Å²) in [7, 11) is 0. The highest BCUT2D eigenvalue weighted by Gasteiger charge is 2.30. The maximum absolute atomic E-state index is 13.0. The van der Waals surface area contributed by atoms with E-state index in [1.807, 2.05) is 24.5 Å². The highest BCUT2D eigenvalue weighted by atomic mass is 19.1. The molecule has 6 nitrogen and oxygen atoms in total. The third-order valence-electron chi connectivity index (χ3n) is 4.79. The molecule has 1 aliphatic rings. The molecule has 1 aliphatic carbocycles. The fraction of sp³-hybridized carbons (Fsp3) is 0.350. The summed E-state index contributed by atoms with van der Waals surface area (Å²) in [4.78, 5) is 17.0. The zero-order valence-corrected chi connectivity index (χ0v) is 15.3. The van der Waals surface area contributed by atoms with E-state index in [9.17, 15) is 9.18 Å². The van der Waals surface area contributed by atoms with Crippen LogP contribution in [0.5, 0.6) is 0 Å². The monoisotopic (exact) mass is 368 g/mol. The van der Waals surface area contributed by atoms with Crippen molar-refractivity contribution >= 4 is 5.91 Å². The van der Waals surface area contributed by atoms with E-state index >= 15 is 0 Å². The molecular formula is C20H21FN4O2. The lowest BCUT2D eigenvalue weighted by Gasteiger charge is -2.11. The number of amides is 1. The number of halogens is 1. The van der Waals surface area contributed by atoms with E-state index in [1.54, 1.807) is 12.1 Å². The van der Waals surface area contributed by atoms with E-state index in [1.165, 1.54) is 12.1 Å².